The highest BCUT2D eigenvalue weighted by Crippen LogP contribution is 2.31. The molecule has 0 amide bonds. The second-order valence-electron chi connectivity index (χ2n) is 7.76. The van der Waals surface area contributed by atoms with Crippen LogP contribution >= 0.6 is 22.7 Å². The smallest absolute Gasteiger partial charge is 0.0928 e. The fraction of sp³-hybridized carbons (Fsp3) is 0.0667. The van der Waals surface area contributed by atoms with Gasteiger partial charge in [-0.25, -0.2) is 0 Å². The van der Waals surface area contributed by atoms with Crippen LogP contribution in [0.2, 0.25) is 0 Å². The summed E-state index contributed by atoms with van der Waals surface area (Å²) >= 11 is 3.39. The quantitative estimate of drug-likeness (QED) is 0.229. The van der Waals surface area contributed by atoms with Crippen molar-refractivity contribution in [2.75, 3.05) is 0 Å². The van der Waals surface area contributed by atoms with Gasteiger partial charge in [-0.1, -0.05) is 65.3 Å². The van der Waals surface area contributed by atoms with Gasteiger partial charge in [0.25, 0.3) is 0 Å². The zero-order valence-electron chi connectivity index (χ0n) is 17.9. The summed E-state index contributed by atoms with van der Waals surface area (Å²) in [5.41, 5.74) is 8.00. The third-order valence-electron chi connectivity index (χ3n) is 5.31. The Morgan fingerprint density at radius 2 is 1.25 bits per heavy atom. The molecule has 0 spiro atoms. The molecule has 2 heteroatoms. The number of rotatable bonds is 1. The van der Waals surface area contributed by atoms with Crippen molar-refractivity contribution in [1.82, 2.24) is 0 Å². The van der Waals surface area contributed by atoms with E-state index in [1.54, 1.807) is 22.7 Å². The summed E-state index contributed by atoms with van der Waals surface area (Å²) in [5, 5.41) is 5.44. The highest BCUT2D eigenvalue weighted by Gasteiger charge is 2.06. The molecule has 0 atom stereocenters. The molecule has 0 N–H and O–H groups in total. The molecule has 0 aliphatic heterocycles. The van der Waals surface area contributed by atoms with Gasteiger partial charge in [0.05, 0.1) is 10.4 Å². The maximum Gasteiger partial charge on any atom is 0.0928 e. The van der Waals surface area contributed by atoms with E-state index in [4.69, 9.17) is 0 Å². The SMILES string of the molecule is Cc1ccc(C#Cc2ccsc2C#Cc2cc(-c3ccc(C)cc3)cc3ccsc23)cc1. The van der Waals surface area contributed by atoms with E-state index in [2.05, 4.69) is 121 Å². The first kappa shape index (κ1) is 20.3. The van der Waals surface area contributed by atoms with E-state index in [1.807, 2.05) is 0 Å². The summed E-state index contributed by atoms with van der Waals surface area (Å²) in [6.45, 7) is 4.20. The highest BCUT2D eigenvalue weighted by molar-refractivity contribution is 7.17. The first-order valence-electron chi connectivity index (χ1n) is 10.4. The summed E-state index contributed by atoms with van der Waals surface area (Å²) in [6, 6.07) is 25.7. The predicted octanol–water partition coefficient (Wildman–Crippen LogP) is 8.05. The Hall–Kier alpha value is -3.56. The monoisotopic (exact) mass is 444 g/mol. The van der Waals surface area contributed by atoms with Crippen molar-refractivity contribution in [3.63, 3.8) is 0 Å². The van der Waals surface area contributed by atoms with Gasteiger partial charge >= 0.3 is 0 Å². The fourth-order valence-electron chi connectivity index (χ4n) is 3.49. The zero-order chi connectivity index (χ0) is 21.9. The van der Waals surface area contributed by atoms with Gasteiger partial charge in [0.2, 0.25) is 0 Å². The molecule has 0 fully saturated rings. The lowest BCUT2D eigenvalue weighted by Gasteiger charge is -2.05. The van der Waals surface area contributed by atoms with Crippen molar-refractivity contribution in [3.8, 4) is 34.8 Å². The Morgan fingerprint density at radius 3 is 2.03 bits per heavy atom. The van der Waals surface area contributed by atoms with Gasteiger partial charge in [-0.2, -0.15) is 0 Å². The van der Waals surface area contributed by atoms with Crippen LogP contribution in [0.1, 0.15) is 32.7 Å². The van der Waals surface area contributed by atoms with Crippen LogP contribution in [0.4, 0.5) is 0 Å². The molecule has 0 saturated heterocycles. The summed E-state index contributed by atoms with van der Waals surface area (Å²) in [6.07, 6.45) is 0. The molecule has 0 aliphatic carbocycles. The molecule has 0 aliphatic rings. The maximum absolute atomic E-state index is 3.45. The third kappa shape index (κ3) is 4.39. The van der Waals surface area contributed by atoms with E-state index in [-0.39, 0.29) is 0 Å². The lowest BCUT2D eigenvalue weighted by atomic mass is 10.00. The van der Waals surface area contributed by atoms with Crippen LogP contribution in [0, 0.1) is 37.5 Å². The number of hydrogen-bond donors (Lipinski definition) is 0. The molecule has 32 heavy (non-hydrogen) atoms. The molecular formula is C30H20S2. The number of benzene rings is 3. The van der Waals surface area contributed by atoms with E-state index in [0.717, 1.165) is 21.6 Å². The number of thiophene rings is 2. The average Bonchev–Trinajstić information content (AvgIpc) is 3.47. The molecule has 0 radical (unpaired) electrons. The number of aryl methyl sites for hydroxylation is 2. The van der Waals surface area contributed by atoms with Crippen LogP contribution in [-0.4, -0.2) is 0 Å². The van der Waals surface area contributed by atoms with Gasteiger partial charge in [-0.15, -0.1) is 22.7 Å². The first-order valence-corrected chi connectivity index (χ1v) is 12.2. The van der Waals surface area contributed by atoms with Crippen LogP contribution in [-0.2, 0) is 0 Å². The molecule has 3 aromatic carbocycles. The Bertz CT molecular complexity index is 1520. The third-order valence-corrected chi connectivity index (χ3v) is 7.10. The summed E-state index contributed by atoms with van der Waals surface area (Å²) in [5.74, 6) is 13.4. The lowest BCUT2D eigenvalue weighted by Crippen LogP contribution is -1.83. The lowest BCUT2D eigenvalue weighted by molar-refractivity contribution is 1.46. The van der Waals surface area contributed by atoms with Gasteiger partial charge in [-0.3, -0.25) is 0 Å². The Balaban J connectivity index is 1.51. The minimum absolute atomic E-state index is 0.986. The van der Waals surface area contributed by atoms with Crippen molar-refractivity contribution < 1.29 is 0 Å². The summed E-state index contributed by atoms with van der Waals surface area (Å²) < 4.78 is 1.23. The molecule has 2 heterocycles. The molecule has 0 bridgehead atoms. The van der Waals surface area contributed by atoms with Crippen LogP contribution < -0.4 is 0 Å². The topological polar surface area (TPSA) is 0 Å². The molecule has 5 aromatic rings. The van der Waals surface area contributed by atoms with E-state index in [9.17, 15) is 0 Å². The second kappa shape index (κ2) is 8.89. The Morgan fingerprint density at radius 1 is 0.562 bits per heavy atom. The average molecular weight is 445 g/mol. The minimum Gasteiger partial charge on any atom is -0.143 e. The molecular weight excluding hydrogens is 424 g/mol. The molecule has 5 rings (SSSR count). The van der Waals surface area contributed by atoms with Crippen LogP contribution in [0.3, 0.4) is 0 Å². The van der Waals surface area contributed by atoms with Gasteiger partial charge in [0.15, 0.2) is 0 Å². The van der Waals surface area contributed by atoms with Gasteiger partial charge in [0, 0.05) is 15.8 Å². The Labute approximate surface area is 197 Å². The van der Waals surface area contributed by atoms with Crippen LogP contribution in [0.5, 0.6) is 0 Å². The largest absolute Gasteiger partial charge is 0.143 e. The fourth-order valence-corrected chi connectivity index (χ4v) is 5.04. The van der Waals surface area contributed by atoms with Gasteiger partial charge in [-0.05, 0) is 83.4 Å². The molecule has 0 unspecified atom stereocenters. The predicted molar refractivity (Wildman–Crippen MR) is 139 cm³/mol. The minimum atomic E-state index is 0.986. The number of fused-ring (bicyclic) bond motifs is 1. The molecule has 152 valence electrons. The standard InChI is InChI=1S/C30H20S2/c1-21-3-7-23(8-4-21)9-12-25-15-17-31-29(25)14-13-26-19-28(20-27-16-18-32-30(26)27)24-10-5-22(2)6-11-24/h3-8,10-11,15-20H,1-2H3. The molecule has 0 nitrogen and oxygen atoms in total. The van der Waals surface area contributed by atoms with Crippen molar-refractivity contribution in [2.45, 2.75) is 13.8 Å². The normalized spacial score (nSPS) is 10.3. The summed E-state index contributed by atoms with van der Waals surface area (Å²) in [7, 11) is 0. The van der Waals surface area contributed by atoms with E-state index in [0.29, 0.717) is 0 Å². The maximum atomic E-state index is 3.45. The highest BCUT2D eigenvalue weighted by atomic mass is 32.1. The van der Waals surface area contributed by atoms with Crippen LogP contribution in [0.15, 0.2) is 83.6 Å². The van der Waals surface area contributed by atoms with Gasteiger partial charge in [0.1, 0.15) is 0 Å². The van der Waals surface area contributed by atoms with Crippen molar-refractivity contribution in [1.29, 1.82) is 0 Å². The molecule has 2 aromatic heterocycles. The van der Waals surface area contributed by atoms with Gasteiger partial charge < -0.3 is 0 Å². The van der Waals surface area contributed by atoms with E-state index < -0.39 is 0 Å². The van der Waals surface area contributed by atoms with E-state index in [1.165, 1.54) is 32.3 Å². The van der Waals surface area contributed by atoms with Crippen molar-refractivity contribution in [3.05, 3.63) is 116 Å². The van der Waals surface area contributed by atoms with Crippen molar-refractivity contribution in [2.24, 2.45) is 0 Å². The van der Waals surface area contributed by atoms with E-state index >= 15 is 0 Å². The van der Waals surface area contributed by atoms with Crippen LogP contribution in [0.25, 0.3) is 21.2 Å². The first-order chi connectivity index (χ1) is 15.7. The second-order valence-corrected chi connectivity index (χ2v) is 9.59. The zero-order valence-corrected chi connectivity index (χ0v) is 19.5. The Kier molecular flexibility index (Phi) is 5.66. The summed E-state index contributed by atoms with van der Waals surface area (Å²) in [4.78, 5) is 1.01. The number of hydrogen-bond acceptors (Lipinski definition) is 2. The van der Waals surface area contributed by atoms with Crippen molar-refractivity contribution >= 4 is 32.8 Å². The molecule has 0 saturated carbocycles.